The summed E-state index contributed by atoms with van der Waals surface area (Å²) in [6.45, 7) is 3.08. The largest absolute Gasteiger partial charge is 0.295 e. The summed E-state index contributed by atoms with van der Waals surface area (Å²) in [5, 5.41) is 0. The van der Waals surface area contributed by atoms with E-state index in [0.717, 1.165) is 6.07 Å². The normalized spacial score (nSPS) is 11.2. The highest BCUT2D eigenvalue weighted by molar-refractivity contribution is 7.92. The number of anilines is 1. The number of Topliss-reactive ketones (excluding diaryl/α,β-unsaturated/α-hetero) is 1. The van der Waals surface area contributed by atoms with Crippen LogP contribution in [-0.4, -0.2) is 14.2 Å². The van der Waals surface area contributed by atoms with E-state index >= 15 is 0 Å². The van der Waals surface area contributed by atoms with E-state index in [1.54, 1.807) is 6.92 Å². The molecule has 0 amide bonds. The molecular weight excluding hydrogens is 293 g/mol. The Hall–Kier alpha value is -2.21. The molecule has 0 aliphatic rings. The first-order valence-electron chi connectivity index (χ1n) is 6.19. The van der Waals surface area contributed by atoms with Gasteiger partial charge in [0.2, 0.25) is 0 Å². The standard InChI is InChI=1S/C15H14FNO3S/c1-10-3-6-13(16)9-15(10)17-21(19,20)14-7-4-12(5-8-14)11(2)18/h3-9,17H,1-2H3. The van der Waals surface area contributed by atoms with Crippen molar-refractivity contribution in [2.75, 3.05) is 4.72 Å². The van der Waals surface area contributed by atoms with E-state index < -0.39 is 15.8 Å². The van der Waals surface area contributed by atoms with Crippen molar-refractivity contribution in [1.82, 2.24) is 0 Å². The Morgan fingerprint density at radius 3 is 2.29 bits per heavy atom. The molecule has 0 radical (unpaired) electrons. The Balaban J connectivity index is 2.34. The summed E-state index contributed by atoms with van der Waals surface area (Å²) in [6.07, 6.45) is 0. The van der Waals surface area contributed by atoms with Gasteiger partial charge < -0.3 is 0 Å². The first-order valence-corrected chi connectivity index (χ1v) is 7.68. The Labute approximate surface area is 122 Å². The van der Waals surface area contributed by atoms with E-state index in [2.05, 4.69) is 4.72 Å². The third-order valence-electron chi connectivity index (χ3n) is 3.02. The molecule has 0 heterocycles. The van der Waals surface area contributed by atoms with Crippen molar-refractivity contribution >= 4 is 21.5 Å². The van der Waals surface area contributed by atoms with Crippen LogP contribution < -0.4 is 4.72 Å². The van der Waals surface area contributed by atoms with Gasteiger partial charge in [-0.2, -0.15) is 0 Å². The minimum Gasteiger partial charge on any atom is -0.295 e. The maximum atomic E-state index is 13.2. The summed E-state index contributed by atoms with van der Waals surface area (Å²) in [4.78, 5) is 11.2. The molecule has 0 bridgehead atoms. The number of carbonyl (C=O) groups excluding carboxylic acids is 1. The van der Waals surface area contributed by atoms with Gasteiger partial charge in [-0.1, -0.05) is 18.2 Å². The molecule has 6 heteroatoms. The fourth-order valence-electron chi connectivity index (χ4n) is 1.78. The van der Waals surface area contributed by atoms with Crippen molar-refractivity contribution in [2.45, 2.75) is 18.7 Å². The highest BCUT2D eigenvalue weighted by Crippen LogP contribution is 2.21. The third-order valence-corrected chi connectivity index (χ3v) is 4.40. The monoisotopic (exact) mass is 307 g/mol. The topological polar surface area (TPSA) is 63.2 Å². The lowest BCUT2D eigenvalue weighted by molar-refractivity contribution is 0.101. The summed E-state index contributed by atoms with van der Waals surface area (Å²) in [5.41, 5.74) is 1.22. The number of benzene rings is 2. The third kappa shape index (κ3) is 3.46. The van der Waals surface area contributed by atoms with Crippen LogP contribution in [0.1, 0.15) is 22.8 Å². The number of rotatable bonds is 4. The van der Waals surface area contributed by atoms with Gasteiger partial charge in [0, 0.05) is 5.56 Å². The molecule has 0 saturated heterocycles. The molecule has 1 N–H and O–H groups in total. The zero-order valence-corrected chi connectivity index (χ0v) is 12.4. The van der Waals surface area contributed by atoms with Gasteiger partial charge in [-0.05, 0) is 43.7 Å². The van der Waals surface area contributed by atoms with Gasteiger partial charge >= 0.3 is 0 Å². The summed E-state index contributed by atoms with van der Waals surface area (Å²) in [6, 6.07) is 9.43. The molecule has 0 atom stereocenters. The molecule has 21 heavy (non-hydrogen) atoms. The Kier molecular flexibility index (Phi) is 4.09. The number of halogens is 1. The van der Waals surface area contributed by atoms with Crippen molar-refractivity contribution in [1.29, 1.82) is 0 Å². The molecular formula is C15H14FNO3S. The average molecular weight is 307 g/mol. The van der Waals surface area contributed by atoms with Crippen molar-refractivity contribution in [2.24, 2.45) is 0 Å². The van der Waals surface area contributed by atoms with Crippen LogP contribution in [0.5, 0.6) is 0 Å². The van der Waals surface area contributed by atoms with Crippen LogP contribution in [0.25, 0.3) is 0 Å². The number of aryl methyl sites for hydroxylation is 1. The molecule has 0 aromatic heterocycles. The lowest BCUT2D eigenvalue weighted by atomic mass is 10.2. The predicted molar refractivity (Wildman–Crippen MR) is 78.4 cm³/mol. The average Bonchev–Trinajstić information content (AvgIpc) is 2.43. The maximum absolute atomic E-state index is 13.2. The van der Waals surface area contributed by atoms with E-state index in [0.29, 0.717) is 11.1 Å². The van der Waals surface area contributed by atoms with E-state index in [4.69, 9.17) is 0 Å². The van der Waals surface area contributed by atoms with Crippen LogP contribution in [0, 0.1) is 12.7 Å². The van der Waals surface area contributed by atoms with E-state index in [1.165, 1.54) is 43.3 Å². The van der Waals surface area contributed by atoms with Crippen molar-refractivity contribution in [3.63, 3.8) is 0 Å². The summed E-state index contributed by atoms with van der Waals surface area (Å²) in [5.74, 6) is -0.668. The fraction of sp³-hybridized carbons (Fsp3) is 0.133. The molecule has 2 aromatic carbocycles. The number of sulfonamides is 1. The molecule has 0 aliphatic heterocycles. The second kappa shape index (κ2) is 5.65. The summed E-state index contributed by atoms with van der Waals surface area (Å²) >= 11 is 0. The van der Waals surface area contributed by atoms with Gasteiger partial charge in [0.1, 0.15) is 5.82 Å². The second-order valence-corrected chi connectivity index (χ2v) is 6.33. The first kappa shape index (κ1) is 15.2. The first-order chi connectivity index (χ1) is 9.79. The highest BCUT2D eigenvalue weighted by atomic mass is 32.2. The second-order valence-electron chi connectivity index (χ2n) is 4.65. The molecule has 110 valence electrons. The Morgan fingerprint density at radius 1 is 1.10 bits per heavy atom. The van der Waals surface area contributed by atoms with E-state index in [1.807, 2.05) is 0 Å². The molecule has 0 fully saturated rings. The van der Waals surface area contributed by atoms with Gasteiger partial charge in [0.05, 0.1) is 10.6 Å². The molecule has 0 saturated carbocycles. The number of nitrogens with one attached hydrogen (secondary N) is 1. The Bertz CT molecular complexity index is 783. The Morgan fingerprint density at radius 2 is 1.71 bits per heavy atom. The molecule has 2 aromatic rings. The highest BCUT2D eigenvalue weighted by Gasteiger charge is 2.16. The fourth-order valence-corrected chi connectivity index (χ4v) is 2.90. The molecule has 4 nitrogen and oxygen atoms in total. The van der Waals surface area contributed by atoms with Crippen molar-refractivity contribution in [3.05, 3.63) is 59.4 Å². The predicted octanol–water partition coefficient (Wildman–Crippen LogP) is 3.14. The smallest absolute Gasteiger partial charge is 0.261 e. The minimum absolute atomic E-state index is 0.0103. The van der Waals surface area contributed by atoms with Crippen LogP contribution in [0.2, 0.25) is 0 Å². The molecule has 0 spiro atoms. The van der Waals surface area contributed by atoms with Crippen molar-refractivity contribution in [3.8, 4) is 0 Å². The number of hydrogen-bond acceptors (Lipinski definition) is 3. The van der Waals surface area contributed by atoms with E-state index in [-0.39, 0.29) is 16.4 Å². The van der Waals surface area contributed by atoms with Gasteiger partial charge in [-0.25, -0.2) is 12.8 Å². The lowest BCUT2D eigenvalue weighted by Crippen LogP contribution is -2.14. The maximum Gasteiger partial charge on any atom is 0.261 e. The van der Waals surface area contributed by atoms with Crippen LogP contribution in [-0.2, 0) is 10.0 Å². The summed E-state index contributed by atoms with van der Waals surface area (Å²) < 4.78 is 40.0. The minimum atomic E-state index is -3.82. The zero-order valence-electron chi connectivity index (χ0n) is 11.6. The van der Waals surface area contributed by atoms with Crippen LogP contribution in [0.3, 0.4) is 0 Å². The van der Waals surface area contributed by atoms with Crippen LogP contribution >= 0.6 is 0 Å². The quantitative estimate of drug-likeness (QED) is 0.883. The van der Waals surface area contributed by atoms with Crippen LogP contribution in [0.4, 0.5) is 10.1 Å². The van der Waals surface area contributed by atoms with Gasteiger partial charge in [-0.3, -0.25) is 9.52 Å². The number of ketones is 1. The molecule has 2 rings (SSSR count). The van der Waals surface area contributed by atoms with Gasteiger partial charge in [0.15, 0.2) is 5.78 Å². The molecule has 0 unspecified atom stereocenters. The van der Waals surface area contributed by atoms with Crippen LogP contribution in [0.15, 0.2) is 47.4 Å². The number of carbonyl (C=O) groups is 1. The van der Waals surface area contributed by atoms with E-state index in [9.17, 15) is 17.6 Å². The zero-order chi connectivity index (χ0) is 15.6. The molecule has 0 aliphatic carbocycles. The van der Waals surface area contributed by atoms with Crippen molar-refractivity contribution < 1.29 is 17.6 Å². The lowest BCUT2D eigenvalue weighted by Gasteiger charge is -2.11. The summed E-state index contributed by atoms with van der Waals surface area (Å²) in [7, 11) is -3.82. The van der Waals surface area contributed by atoms with Gasteiger partial charge in [-0.15, -0.1) is 0 Å². The SMILES string of the molecule is CC(=O)c1ccc(S(=O)(=O)Nc2cc(F)ccc2C)cc1. The number of hydrogen-bond donors (Lipinski definition) is 1. The van der Waals surface area contributed by atoms with Gasteiger partial charge in [0.25, 0.3) is 10.0 Å².